The Morgan fingerprint density at radius 1 is 1.09 bits per heavy atom. The van der Waals surface area contributed by atoms with Crippen molar-refractivity contribution in [3.8, 4) is 0 Å². The number of aromatic amines is 1. The van der Waals surface area contributed by atoms with Crippen LogP contribution in [0.5, 0.6) is 0 Å². The zero-order chi connectivity index (χ0) is 7.68. The van der Waals surface area contributed by atoms with E-state index in [1.807, 2.05) is 24.3 Å². The smallest absolute Gasteiger partial charge is 0.202 e. The van der Waals surface area contributed by atoms with Gasteiger partial charge in [-0.15, -0.1) is 0 Å². The van der Waals surface area contributed by atoms with Crippen molar-refractivity contribution in [1.82, 2.24) is 4.98 Å². The quantitative estimate of drug-likeness (QED) is 0.591. The molecule has 54 valence electrons. The van der Waals surface area contributed by atoms with E-state index in [1.165, 1.54) is 0 Å². The Morgan fingerprint density at radius 2 is 2.00 bits per heavy atom. The Hall–Kier alpha value is -1.57. The summed E-state index contributed by atoms with van der Waals surface area (Å²) in [5.41, 5.74) is 0.0520. The molecule has 2 heteroatoms. The van der Waals surface area contributed by atoms with Crippen molar-refractivity contribution in [3.05, 3.63) is 57.3 Å². The molecule has 0 fully saturated rings. The Bertz CT molecular complexity index is 472. The highest BCUT2D eigenvalue weighted by molar-refractivity contribution is 5.11. The van der Waals surface area contributed by atoms with Gasteiger partial charge < -0.3 is 4.98 Å². The van der Waals surface area contributed by atoms with Crippen LogP contribution >= 0.6 is 0 Å². The van der Waals surface area contributed by atoms with Crippen molar-refractivity contribution >= 4 is 0 Å². The van der Waals surface area contributed by atoms with Gasteiger partial charge in [0.15, 0.2) is 0 Å². The molecular weight excluding hydrogens is 138 g/mol. The molecule has 0 unspecified atom stereocenters. The van der Waals surface area contributed by atoms with E-state index in [1.54, 1.807) is 12.3 Å². The molecule has 1 heterocycles. The lowest BCUT2D eigenvalue weighted by Crippen LogP contribution is -1.94. The molecule has 11 heavy (non-hydrogen) atoms. The third-order valence-corrected chi connectivity index (χ3v) is 1.66. The normalized spacial score (nSPS) is 10.2. The molecule has 2 rings (SSSR count). The molecule has 0 radical (unpaired) electrons. The molecule has 0 spiro atoms. The van der Waals surface area contributed by atoms with Crippen LogP contribution in [0.25, 0.3) is 0 Å². The first kappa shape index (κ1) is 6.16. The summed E-state index contributed by atoms with van der Waals surface area (Å²) in [6.07, 6.45) is 1.75. The van der Waals surface area contributed by atoms with E-state index in [-0.39, 0.29) is 5.43 Å². The predicted octanol–water partition coefficient (Wildman–Crippen LogP) is 1.10. The minimum absolute atomic E-state index is 0.0520. The van der Waals surface area contributed by atoms with Gasteiger partial charge in [-0.25, -0.2) is 0 Å². The second-order valence-corrected chi connectivity index (χ2v) is 2.39. The molecule has 1 aliphatic carbocycles. The molecule has 0 aromatic carbocycles. The van der Waals surface area contributed by atoms with E-state index in [4.69, 9.17) is 0 Å². The number of nitrogens with one attached hydrogen (secondary N) is 1. The fourth-order valence-corrected chi connectivity index (χ4v) is 1.11. The summed E-state index contributed by atoms with van der Waals surface area (Å²) in [4.78, 5) is 14.0. The molecular formula is C9H7NO. The first-order chi connectivity index (χ1) is 5.38. The number of hydrogen-bond donors (Lipinski definition) is 1. The standard InChI is InChI=1S/C9H7NO/c11-8-5-4-7-3-1-2-6-10-9(7)8/h1-6,10H. The number of rotatable bonds is 0. The highest BCUT2D eigenvalue weighted by Gasteiger charge is 1.89. The van der Waals surface area contributed by atoms with Crippen LogP contribution in [0.1, 0.15) is 0 Å². The maximum Gasteiger partial charge on any atom is 0.202 e. The summed E-state index contributed by atoms with van der Waals surface area (Å²) in [6.45, 7) is 0. The maximum atomic E-state index is 11.1. The fraction of sp³-hybridized carbons (Fsp3) is 0. The van der Waals surface area contributed by atoms with Gasteiger partial charge in [0.25, 0.3) is 0 Å². The van der Waals surface area contributed by atoms with Gasteiger partial charge in [0, 0.05) is 11.4 Å². The van der Waals surface area contributed by atoms with Crippen LogP contribution in [0.2, 0.25) is 0 Å². The number of aromatic nitrogens is 1. The maximum absolute atomic E-state index is 11.1. The summed E-state index contributed by atoms with van der Waals surface area (Å²) in [7, 11) is 0. The lowest BCUT2D eigenvalue weighted by atomic mass is 10.4. The van der Waals surface area contributed by atoms with Crippen LogP contribution in [0, 0.1) is 10.6 Å². The predicted molar refractivity (Wildman–Crippen MR) is 42.4 cm³/mol. The SMILES string of the molecule is O=c1ccc2cccc[nH]c1=2. The van der Waals surface area contributed by atoms with E-state index in [0.29, 0.717) is 5.35 Å². The monoisotopic (exact) mass is 145 g/mol. The third kappa shape index (κ3) is 0.923. The molecule has 1 N–H and O–H groups in total. The Kier molecular flexibility index (Phi) is 1.25. The molecule has 1 aliphatic heterocycles. The van der Waals surface area contributed by atoms with Gasteiger partial charge in [-0.3, -0.25) is 4.79 Å². The van der Waals surface area contributed by atoms with Gasteiger partial charge in [-0.1, -0.05) is 12.1 Å². The van der Waals surface area contributed by atoms with Crippen molar-refractivity contribution < 1.29 is 0 Å². The van der Waals surface area contributed by atoms with Crippen molar-refractivity contribution in [2.45, 2.75) is 0 Å². The zero-order valence-corrected chi connectivity index (χ0v) is 5.87. The minimum atomic E-state index is 0.0520. The van der Waals surface area contributed by atoms with Crippen molar-refractivity contribution in [3.63, 3.8) is 0 Å². The highest BCUT2D eigenvalue weighted by atomic mass is 16.1. The highest BCUT2D eigenvalue weighted by Crippen LogP contribution is 1.89. The van der Waals surface area contributed by atoms with Crippen LogP contribution in [0.4, 0.5) is 0 Å². The molecule has 0 atom stereocenters. The first-order valence-corrected chi connectivity index (χ1v) is 3.44. The third-order valence-electron chi connectivity index (χ3n) is 1.66. The van der Waals surface area contributed by atoms with E-state index in [2.05, 4.69) is 4.98 Å². The van der Waals surface area contributed by atoms with Gasteiger partial charge in [0.2, 0.25) is 5.43 Å². The fourth-order valence-electron chi connectivity index (χ4n) is 1.11. The van der Waals surface area contributed by atoms with E-state index in [9.17, 15) is 4.79 Å². The van der Waals surface area contributed by atoms with Crippen molar-refractivity contribution in [2.24, 2.45) is 0 Å². The van der Waals surface area contributed by atoms with Crippen LogP contribution < -0.4 is 5.43 Å². The van der Waals surface area contributed by atoms with Gasteiger partial charge in [0.05, 0.1) is 5.35 Å². The number of H-pyrrole nitrogens is 1. The zero-order valence-electron chi connectivity index (χ0n) is 5.87. The summed E-state index contributed by atoms with van der Waals surface area (Å²) >= 11 is 0. The molecule has 0 bridgehead atoms. The molecule has 2 aliphatic rings. The average molecular weight is 145 g/mol. The Morgan fingerprint density at radius 3 is 2.91 bits per heavy atom. The summed E-state index contributed by atoms with van der Waals surface area (Å²) in [6, 6.07) is 9.06. The van der Waals surface area contributed by atoms with Crippen LogP contribution in [-0.4, -0.2) is 4.98 Å². The van der Waals surface area contributed by atoms with Gasteiger partial charge >= 0.3 is 0 Å². The molecule has 0 saturated heterocycles. The largest absolute Gasteiger partial charge is 0.358 e. The Balaban J connectivity index is 3.16. The first-order valence-electron chi connectivity index (χ1n) is 3.44. The van der Waals surface area contributed by atoms with Crippen LogP contribution in [-0.2, 0) is 0 Å². The summed E-state index contributed by atoms with van der Waals surface area (Å²) in [5, 5.41) is 1.63. The van der Waals surface area contributed by atoms with E-state index < -0.39 is 0 Å². The van der Waals surface area contributed by atoms with Crippen molar-refractivity contribution in [1.29, 1.82) is 0 Å². The van der Waals surface area contributed by atoms with Crippen LogP contribution in [0.15, 0.2) is 41.3 Å². The number of hydrogen-bond acceptors (Lipinski definition) is 1. The average Bonchev–Trinajstić information content (AvgIpc) is 2.25. The van der Waals surface area contributed by atoms with Gasteiger partial charge in [-0.2, -0.15) is 0 Å². The van der Waals surface area contributed by atoms with Gasteiger partial charge in [0.1, 0.15) is 0 Å². The molecule has 2 nitrogen and oxygen atoms in total. The van der Waals surface area contributed by atoms with E-state index >= 15 is 0 Å². The summed E-state index contributed by atoms with van der Waals surface area (Å²) < 4.78 is 0. The van der Waals surface area contributed by atoms with Crippen molar-refractivity contribution in [2.75, 3.05) is 0 Å². The molecule has 0 aromatic heterocycles. The Labute approximate surface area is 63.2 Å². The molecule has 0 amide bonds. The lowest BCUT2D eigenvalue weighted by molar-refractivity contribution is 1.25. The summed E-state index contributed by atoms with van der Waals surface area (Å²) in [5.74, 6) is 0. The topological polar surface area (TPSA) is 32.9 Å². The molecule has 0 saturated carbocycles. The molecule has 0 aromatic rings. The van der Waals surface area contributed by atoms with Gasteiger partial charge in [-0.05, 0) is 18.2 Å². The lowest BCUT2D eigenvalue weighted by Gasteiger charge is -1.71. The minimum Gasteiger partial charge on any atom is -0.358 e. The van der Waals surface area contributed by atoms with Crippen LogP contribution in [0.3, 0.4) is 0 Å². The second kappa shape index (κ2) is 2.23. The van der Waals surface area contributed by atoms with E-state index in [0.717, 1.165) is 5.22 Å². The second-order valence-electron chi connectivity index (χ2n) is 2.39.